The smallest absolute Gasteiger partial charge is 0.135 e. The molecule has 44 heavy (non-hydrogen) atoms. The summed E-state index contributed by atoms with van der Waals surface area (Å²) >= 11 is 0. The molecule has 2 aliphatic carbocycles. The number of aromatic nitrogens is 2. The summed E-state index contributed by atoms with van der Waals surface area (Å²) in [7, 11) is 0. The number of hydrogen-bond donors (Lipinski definition) is 1. The van der Waals surface area contributed by atoms with E-state index >= 15 is 0 Å². The molecule has 0 amide bonds. The first-order valence-electron chi connectivity index (χ1n) is 17.6. The fourth-order valence-electron chi connectivity index (χ4n) is 9.04. The van der Waals surface area contributed by atoms with E-state index in [4.69, 9.17) is 15.7 Å². The molecular weight excluding hydrogens is 547 g/mol. The molecule has 5 aliphatic rings. The highest BCUT2D eigenvalue weighted by Crippen LogP contribution is 2.46. The second-order valence-electron chi connectivity index (χ2n) is 14.9. The number of anilines is 2. The van der Waals surface area contributed by atoms with Crippen LogP contribution >= 0.6 is 0 Å². The SMILES string of the molecule is CC12CCCN1CC(F)C2.CCc1nc2c(c(N3CC4(CCCCC4)C3)n1)CCCCCC(C)c1ccc(N)c(C#N)c1C2. The van der Waals surface area contributed by atoms with Crippen molar-refractivity contribution in [2.75, 3.05) is 36.8 Å². The summed E-state index contributed by atoms with van der Waals surface area (Å²) in [5.74, 6) is 2.51. The Hall–Kier alpha value is -2.72. The van der Waals surface area contributed by atoms with Gasteiger partial charge in [0.05, 0.1) is 11.3 Å². The van der Waals surface area contributed by atoms with Crippen LogP contribution in [0.5, 0.6) is 0 Å². The third-order valence-corrected chi connectivity index (χ3v) is 11.6. The Morgan fingerprint density at radius 1 is 1.02 bits per heavy atom. The molecule has 7 rings (SSSR count). The van der Waals surface area contributed by atoms with Crippen molar-refractivity contribution in [3.05, 3.63) is 45.9 Å². The van der Waals surface area contributed by atoms with Crippen LogP contribution in [0.3, 0.4) is 0 Å². The van der Waals surface area contributed by atoms with Gasteiger partial charge in [0.2, 0.25) is 0 Å². The largest absolute Gasteiger partial charge is 0.398 e. The van der Waals surface area contributed by atoms with E-state index in [9.17, 15) is 9.65 Å². The lowest BCUT2D eigenvalue weighted by atomic mass is 9.68. The molecule has 3 atom stereocenters. The lowest BCUT2D eigenvalue weighted by molar-refractivity contribution is 0.138. The van der Waals surface area contributed by atoms with Gasteiger partial charge in [0.1, 0.15) is 23.9 Å². The highest BCUT2D eigenvalue weighted by Gasteiger charge is 2.45. The predicted octanol–water partition coefficient (Wildman–Crippen LogP) is 7.66. The van der Waals surface area contributed by atoms with Crippen LogP contribution in [0.25, 0.3) is 0 Å². The predicted molar refractivity (Wildman–Crippen MR) is 177 cm³/mol. The minimum atomic E-state index is -0.551. The molecule has 2 aromatic rings. The normalized spacial score (nSPS) is 28.0. The molecule has 3 unspecified atom stereocenters. The molecule has 0 bridgehead atoms. The first-order valence-corrected chi connectivity index (χ1v) is 17.6. The number of benzene rings is 1. The number of fused-ring (bicyclic) bond motifs is 3. The lowest BCUT2D eigenvalue weighted by Crippen LogP contribution is -2.57. The first-order chi connectivity index (χ1) is 21.2. The third-order valence-electron chi connectivity index (χ3n) is 11.6. The third kappa shape index (κ3) is 6.21. The molecule has 4 heterocycles. The molecule has 4 fully saturated rings. The van der Waals surface area contributed by atoms with Crippen LogP contribution in [-0.4, -0.2) is 52.8 Å². The van der Waals surface area contributed by atoms with Gasteiger partial charge in [-0.1, -0.05) is 52.0 Å². The summed E-state index contributed by atoms with van der Waals surface area (Å²) in [5, 5.41) is 10.0. The van der Waals surface area contributed by atoms with Gasteiger partial charge in [0.15, 0.2) is 0 Å². The Balaban J connectivity index is 0.000000289. The van der Waals surface area contributed by atoms with Crippen molar-refractivity contribution in [2.45, 2.75) is 135 Å². The minimum Gasteiger partial charge on any atom is -0.398 e. The van der Waals surface area contributed by atoms with Crippen LogP contribution in [0, 0.1) is 16.7 Å². The molecule has 1 aromatic heterocycles. The van der Waals surface area contributed by atoms with Gasteiger partial charge in [-0.15, -0.1) is 0 Å². The van der Waals surface area contributed by atoms with Crippen LogP contribution in [0.2, 0.25) is 0 Å². The van der Waals surface area contributed by atoms with Crippen molar-refractivity contribution in [2.24, 2.45) is 5.41 Å². The zero-order chi connectivity index (χ0) is 30.9. The lowest BCUT2D eigenvalue weighted by Gasteiger charge is -2.53. The van der Waals surface area contributed by atoms with Gasteiger partial charge in [-0.05, 0) is 87.9 Å². The van der Waals surface area contributed by atoms with Crippen LogP contribution in [0.15, 0.2) is 12.1 Å². The quantitative estimate of drug-likeness (QED) is 0.357. The molecular formula is C37H53FN6. The number of aryl methyl sites for hydroxylation is 1. The number of hydrogen-bond acceptors (Lipinski definition) is 6. The summed E-state index contributed by atoms with van der Waals surface area (Å²) in [6.45, 7) is 10.7. The van der Waals surface area contributed by atoms with Gasteiger partial charge < -0.3 is 10.6 Å². The van der Waals surface area contributed by atoms with E-state index in [1.165, 1.54) is 81.2 Å². The molecule has 7 heteroatoms. The molecule has 3 saturated heterocycles. The monoisotopic (exact) mass is 600 g/mol. The zero-order valence-corrected chi connectivity index (χ0v) is 27.4. The Morgan fingerprint density at radius 3 is 2.52 bits per heavy atom. The summed E-state index contributed by atoms with van der Waals surface area (Å²) < 4.78 is 12.8. The van der Waals surface area contributed by atoms with Crippen molar-refractivity contribution in [3.8, 4) is 6.07 Å². The van der Waals surface area contributed by atoms with Gasteiger partial charge in [-0.3, -0.25) is 4.90 Å². The van der Waals surface area contributed by atoms with E-state index < -0.39 is 6.17 Å². The number of nitrogen functional groups attached to an aromatic ring is 1. The molecule has 0 radical (unpaired) electrons. The van der Waals surface area contributed by atoms with Crippen LogP contribution in [0.1, 0.15) is 138 Å². The minimum absolute atomic E-state index is 0.236. The summed E-state index contributed by atoms with van der Waals surface area (Å²) in [6.07, 6.45) is 16.8. The van der Waals surface area contributed by atoms with Crippen LogP contribution in [0.4, 0.5) is 15.9 Å². The van der Waals surface area contributed by atoms with Gasteiger partial charge >= 0.3 is 0 Å². The van der Waals surface area contributed by atoms with E-state index in [1.54, 1.807) is 0 Å². The molecule has 1 spiro atoms. The summed E-state index contributed by atoms with van der Waals surface area (Å²) in [4.78, 5) is 15.0. The maximum Gasteiger partial charge on any atom is 0.135 e. The number of halogens is 1. The highest BCUT2D eigenvalue weighted by atomic mass is 19.1. The summed E-state index contributed by atoms with van der Waals surface area (Å²) in [5.41, 5.74) is 13.0. The Kier molecular flexibility index (Phi) is 9.20. The van der Waals surface area contributed by atoms with Crippen LogP contribution < -0.4 is 10.6 Å². The molecule has 3 aliphatic heterocycles. The van der Waals surface area contributed by atoms with Gasteiger partial charge in [0.25, 0.3) is 0 Å². The van der Waals surface area contributed by atoms with Crippen molar-refractivity contribution in [1.29, 1.82) is 5.26 Å². The summed E-state index contributed by atoms with van der Waals surface area (Å²) in [6, 6.07) is 6.49. The van der Waals surface area contributed by atoms with Crippen molar-refractivity contribution in [1.82, 2.24) is 14.9 Å². The maximum absolute atomic E-state index is 12.8. The van der Waals surface area contributed by atoms with Gasteiger partial charge in [0, 0.05) is 54.7 Å². The molecule has 6 nitrogen and oxygen atoms in total. The van der Waals surface area contributed by atoms with Crippen molar-refractivity contribution >= 4 is 11.5 Å². The Bertz CT molecular complexity index is 1370. The zero-order valence-electron chi connectivity index (χ0n) is 27.4. The van der Waals surface area contributed by atoms with Gasteiger partial charge in [-0.25, -0.2) is 14.4 Å². The number of nitriles is 1. The topological polar surface area (TPSA) is 82.1 Å². The van der Waals surface area contributed by atoms with E-state index in [2.05, 4.69) is 42.7 Å². The van der Waals surface area contributed by atoms with Crippen molar-refractivity contribution in [3.63, 3.8) is 0 Å². The Morgan fingerprint density at radius 2 is 1.80 bits per heavy atom. The first kappa shape index (κ1) is 31.3. The van der Waals surface area contributed by atoms with Gasteiger partial charge in [-0.2, -0.15) is 5.26 Å². The van der Waals surface area contributed by atoms with E-state index in [-0.39, 0.29) is 5.54 Å². The number of alkyl halides is 1. The fourth-order valence-corrected chi connectivity index (χ4v) is 9.04. The number of nitrogens with zero attached hydrogens (tertiary/aromatic N) is 5. The van der Waals surface area contributed by atoms with E-state index in [0.717, 1.165) is 62.4 Å². The second-order valence-corrected chi connectivity index (χ2v) is 14.9. The van der Waals surface area contributed by atoms with Crippen molar-refractivity contribution < 1.29 is 4.39 Å². The standard InChI is InChI=1S/C29H39N5.C8H14FN/c1-3-27-32-26-16-23-21(12-13-25(31)24(23)17-30)20(2)10-6-4-7-11-22(26)28(33-27)34-18-29(19-34)14-8-5-9-15-29;1-8-3-2-4-10(8)6-7(9)5-8/h12-13,20H,3-11,14-16,18-19,31H2,1-2H3;7H,2-6H2,1H3. The average molecular weight is 601 g/mol. The number of nitrogens with two attached hydrogens (primary N) is 1. The Labute approximate surface area is 264 Å². The fraction of sp³-hybridized carbons (Fsp3) is 0.703. The van der Waals surface area contributed by atoms with Crippen LogP contribution in [-0.2, 0) is 19.3 Å². The number of rotatable bonds is 2. The van der Waals surface area contributed by atoms with E-state index in [1.807, 2.05) is 6.07 Å². The van der Waals surface area contributed by atoms with E-state index in [0.29, 0.717) is 35.5 Å². The molecule has 1 aromatic carbocycles. The second kappa shape index (κ2) is 12.9. The maximum atomic E-state index is 12.8. The average Bonchev–Trinajstić information content (AvgIpc) is 3.48. The molecule has 1 saturated carbocycles. The molecule has 238 valence electrons. The molecule has 2 N–H and O–H groups in total. The highest BCUT2D eigenvalue weighted by molar-refractivity contribution is 5.62.